The van der Waals surface area contributed by atoms with Crippen molar-refractivity contribution in [2.75, 3.05) is 0 Å². The highest BCUT2D eigenvalue weighted by Gasteiger charge is 2.12. The zero-order valence-electron chi connectivity index (χ0n) is 12.9. The van der Waals surface area contributed by atoms with Crippen LogP contribution in [0.2, 0.25) is 0 Å². The summed E-state index contributed by atoms with van der Waals surface area (Å²) >= 11 is 0. The number of benzene rings is 2. The SMILES string of the molecule is CC(C)(C)n1ccccccc2cc3ccccc3cc21. The highest BCUT2D eigenvalue weighted by atomic mass is 15.0. The van der Waals surface area contributed by atoms with Crippen molar-refractivity contribution in [3.8, 4) is 0 Å². The molecule has 0 N–H and O–H groups in total. The van der Waals surface area contributed by atoms with E-state index in [2.05, 4.69) is 98.3 Å². The Morgan fingerprint density at radius 1 is 0.667 bits per heavy atom. The van der Waals surface area contributed by atoms with E-state index in [1.165, 1.54) is 21.7 Å². The van der Waals surface area contributed by atoms with Gasteiger partial charge in [-0.25, -0.2) is 0 Å². The summed E-state index contributed by atoms with van der Waals surface area (Å²) in [5.74, 6) is 0. The lowest BCUT2D eigenvalue weighted by Crippen LogP contribution is -2.21. The molecule has 0 saturated carbocycles. The first-order valence-electron chi connectivity index (χ1n) is 7.39. The smallest absolute Gasteiger partial charge is 0.0491 e. The Labute approximate surface area is 126 Å². The van der Waals surface area contributed by atoms with Crippen molar-refractivity contribution < 1.29 is 0 Å². The second kappa shape index (κ2) is 5.25. The molecule has 0 aliphatic carbocycles. The standard InChI is InChI=1S/C20H21N/c1-20(2,3)21-13-9-5-4-6-12-18-14-16-10-7-8-11-17(16)15-19(18)21/h4-15H,1-3H3. The van der Waals surface area contributed by atoms with Gasteiger partial charge in [0.1, 0.15) is 0 Å². The van der Waals surface area contributed by atoms with Crippen molar-refractivity contribution in [3.05, 3.63) is 72.9 Å². The van der Waals surface area contributed by atoms with E-state index in [4.69, 9.17) is 0 Å². The molecule has 0 fully saturated rings. The topological polar surface area (TPSA) is 4.93 Å². The number of hydrogen-bond donors (Lipinski definition) is 0. The van der Waals surface area contributed by atoms with Gasteiger partial charge in [0.2, 0.25) is 0 Å². The van der Waals surface area contributed by atoms with Crippen molar-refractivity contribution in [1.82, 2.24) is 4.57 Å². The van der Waals surface area contributed by atoms with Crippen LogP contribution in [0, 0.1) is 0 Å². The molecule has 0 bridgehead atoms. The fourth-order valence-corrected chi connectivity index (χ4v) is 2.68. The van der Waals surface area contributed by atoms with Gasteiger partial charge in [0.15, 0.2) is 0 Å². The predicted molar refractivity (Wildman–Crippen MR) is 92.1 cm³/mol. The fourth-order valence-electron chi connectivity index (χ4n) is 2.68. The van der Waals surface area contributed by atoms with Crippen molar-refractivity contribution in [3.63, 3.8) is 0 Å². The summed E-state index contributed by atoms with van der Waals surface area (Å²) in [4.78, 5) is 0. The van der Waals surface area contributed by atoms with Gasteiger partial charge < -0.3 is 4.57 Å². The molecule has 1 heterocycles. The Hall–Kier alpha value is -2.28. The summed E-state index contributed by atoms with van der Waals surface area (Å²) in [6, 6.07) is 23.6. The average Bonchev–Trinajstić information content (AvgIpc) is 2.54. The molecular weight excluding hydrogens is 254 g/mol. The minimum atomic E-state index is 0.0275. The monoisotopic (exact) mass is 275 g/mol. The maximum atomic E-state index is 2.34. The summed E-state index contributed by atoms with van der Waals surface area (Å²) in [5.41, 5.74) is 1.28. The lowest BCUT2D eigenvalue weighted by Gasteiger charge is -2.25. The molecule has 0 radical (unpaired) electrons. The first-order valence-corrected chi connectivity index (χ1v) is 7.39. The second-order valence-electron chi connectivity index (χ2n) is 6.38. The number of nitrogens with zero attached hydrogens (tertiary/aromatic N) is 1. The average molecular weight is 275 g/mol. The molecule has 1 nitrogen and oxygen atoms in total. The summed E-state index contributed by atoms with van der Waals surface area (Å²) in [6.45, 7) is 6.71. The Bertz CT molecular complexity index is 833. The van der Waals surface area contributed by atoms with Crippen LogP contribution in [0.3, 0.4) is 0 Å². The van der Waals surface area contributed by atoms with Gasteiger partial charge in [0.25, 0.3) is 0 Å². The van der Waals surface area contributed by atoms with Gasteiger partial charge in [-0.2, -0.15) is 0 Å². The Kier molecular flexibility index (Phi) is 3.42. The van der Waals surface area contributed by atoms with E-state index < -0.39 is 0 Å². The third-order valence-corrected chi connectivity index (χ3v) is 3.72. The van der Waals surface area contributed by atoms with Gasteiger partial charge in [-0.15, -0.1) is 0 Å². The third kappa shape index (κ3) is 2.78. The van der Waals surface area contributed by atoms with Gasteiger partial charge in [-0.05, 0) is 55.1 Å². The highest BCUT2D eigenvalue weighted by molar-refractivity contribution is 5.96. The van der Waals surface area contributed by atoms with E-state index >= 15 is 0 Å². The number of fused-ring (bicyclic) bond motifs is 2. The largest absolute Gasteiger partial charge is 0.342 e. The normalized spacial score (nSPS) is 11.6. The summed E-state index contributed by atoms with van der Waals surface area (Å²) in [5, 5.41) is 3.81. The van der Waals surface area contributed by atoms with Gasteiger partial charge in [0, 0.05) is 17.3 Å². The van der Waals surface area contributed by atoms with Gasteiger partial charge in [0.05, 0.1) is 0 Å². The van der Waals surface area contributed by atoms with E-state index in [0.29, 0.717) is 0 Å². The molecule has 106 valence electrons. The first-order chi connectivity index (χ1) is 10.1. The van der Waals surface area contributed by atoms with Crippen LogP contribution in [0.5, 0.6) is 0 Å². The van der Waals surface area contributed by atoms with E-state index in [9.17, 15) is 0 Å². The van der Waals surface area contributed by atoms with E-state index in [1.54, 1.807) is 0 Å². The van der Waals surface area contributed by atoms with Crippen LogP contribution in [0.15, 0.2) is 72.9 Å². The Morgan fingerprint density at radius 3 is 1.95 bits per heavy atom. The van der Waals surface area contributed by atoms with Crippen LogP contribution in [0.1, 0.15) is 20.8 Å². The van der Waals surface area contributed by atoms with Gasteiger partial charge >= 0.3 is 0 Å². The molecule has 0 atom stereocenters. The maximum Gasteiger partial charge on any atom is 0.0491 e. The minimum absolute atomic E-state index is 0.0275. The quantitative estimate of drug-likeness (QED) is 0.498. The fraction of sp³-hybridized carbons (Fsp3) is 0.200. The van der Waals surface area contributed by atoms with Crippen LogP contribution in [-0.2, 0) is 5.54 Å². The Balaban J connectivity index is 2.53. The first kappa shape index (κ1) is 13.7. The Morgan fingerprint density at radius 2 is 1.24 bits per heavy atom. The minimum Gasteiger partial charge on any atom is -0.342 e. The van der Waals surface area contributed by atoms with Crippen molar-refractivity contribution in [2.24, 2.45) is 0 Å². The maximum absolute atomic E-state index is 2.34. The van der Waals surface area contributed by atoms with Crippen LogP contribution in [0.4, 0.5) is 0 Å². The highest BCUT2D eigenvalue weighted by Crippen LogP contribution is 2.25. The molecule has 3 aromatic rings. The molecule has 0 aliphatic rings. The van der Waals surface area contributed by atoms with E-state index in [1.807, 2.05) is 0 Å². The van der Waals surface area contributed by atoms with Gasteiger partial charge in [-0.1, -0.05) is 48.5 Å². The van der Waals surface area contributed by atoms with Crippen LogP contribution >= 0.6 is 0 Å². The molecule has 1 aromatic heterocycles. The van der Waals surface area contributed by atoms with E-state index in [0.717, 1.165) is 0 Å². The van der Waals surface area contributed by atoms with Crippen LogP contribution < -0.4 is 0 Å². The number of hydrogen-bond acceptors (Lipinski definition) is 0. The molecule has 21 heavy (non-hydrogen) atoms. The number of aromatic nitrogens is 1. The molecule has 0 aliphatic heterocycles. The zero-order chi connectivity index (χ0) is 14.9. The zero-order valence-corrected chi connectivity index (χ0v) is 12.9. The lowest BCUT2D eigenvalue weighted by molar-refractivity contribution is 0.409. The third-order valence-electron chi connectivity index (χ3n) is 3.72. The summed E-state index contributed by atoms with van der Waals surface area (Å²) in [6.07, 6.45) is 2.16. The summed E-state index contributed by atoms with van der Waals surface area (Å²) < 4.78 is 2.34. The number of rotatable bonds is 0. The molecule has 0 spiro atoms. The second-order valence-corrected chi connectivity index (χ2v) is 6.38. The van der Waals surface area contributed by atoms with Crippen molar-refractivity contribution in [1.29, 1.82) is 0 Å². The molecular formula is C20H21N. The van der Waals surface area contributed by atoms with Crippen LogP contribution in [-0.4, -0.2) is 4.57 Å². The molecule has 0 unspecified atom stereocenters. The van der Waals surface area contributed by atoms with Crippen molar-refractivity contribution >= 4 is 21.7 Å². The lowest BCUT2D eigenvalue weighted by atomic mass is 10.0. The summed E-state index contributed by atoms with van der Waals surface area (Å²) in [7, 11) is 0. The van der Waals surface area contributed by atoms with Crippen LogP contribution in [0.25, 0.3) is 21.7 Å². The molecule has 0 saturated heterocycles. The predicted octanol–water partition coefficient (Wildman–Crippen LogP) is 5.67. The molecule has 0 amide bonds. The van der Waals surface area contributed by atoms with E-state index in [-0.39, 0.29) is 5.54 Å². The van der Waals surface area contributed by atoms with Gasteiger partial charge in [-0.3, -0.25) is 0 Å². The van der Waals surface area contributed by atoms with Crippen molar-refractivity contribution in [2.45, 2.75) is 26.3 Å². The molecule has 2 aromatic carbocycles. The molecule has 1 heteroatoms. The molecule has 3 rings (SSSR count).